The third kappa shape index (κ3) is 8.85. The number of nitrogens with one attached hydrogen (secondary N) is 1. The van der Waals surface area contributed by atoms with E-state index in [2.05, 4.69) is 138 Å². The van der Waals surface area contributed by atoms with Crippen LogP contribution in [0.1, 0.15) is 68.6 Å². The van der Waals surface area contributed by atoms with E-state index in [1.165, 1.54) is 36.1 Å². The third-order valence-electron chi connectivity index (χ3n) is 8.53. The van der Waals surface area contributed by atoms with Crippen LogP contribution in [0.2, 0.25) is 13.3 Å². The molecule has 222 valence electrons. The second-order valence-electron chi connectivity index (χ2n) is 13.6. The first kappa shape index (κ1) is 32.6. The largest absolute Gasteiger partial charge is 0.545 e. The first-order valence-corrected chi connectivity index (χ1v) is 21.2. The van der Waals surface area contributed by atoms with Crippen LogP contribution < -0.4 is 5.11 Å². The molecule has 43 heavy (non-hydrogen) atoms. The molecule has 0 spiro atoms. The Morgan fingerprint density at radius 3 is 1.37 bits per heavy atom. The number of carboxylic acids is 1. The molecule has 0 atom stereocenters. The molecule has 1 N–H and O–H groups in total. The fraction of sp³-hybridized carbons (Fsp3) is 0.308. The Kier molecular flexibility index (Phi) is 10.6. The average molecular weight is 679 g/mol. The quantitative estimate of drug-likeness (QED) is 0.150. The van der Waals surface area contributed by atoms with Gasteiger partial charge < -0.3 is 14.9 Å². The van der Waals surface area contributed by atoms with Crippen molar-refractivity contribution in [1.82, 2.24) is 4.98 Å². The van der Waals surface area contributed by atoms with Gasteiger partial charge in [0.2, 0.25) is 0 Å². The van der Waals surface area contributed by atoms with E-state index in [0.717, 1.165) is 10.9 Å². The predicted molar refractivity (Wildman–Crippen MR) is 181 cm³/mol. The molecule has 0 fully saturated rings. The Morgan fingerprint density at radius 2 is 1.00 bits per heavy atom. The van der Waals surface area contributed by atoms with Gasteiger partial charge >= 0.3 is 199 Å². The number of hydrogen-bond donors (Lipinski definition) is 1. The zero-order valence-corrected chi connectivity index (χ0v) is 29.3. The van der Waals surface area contributed by atoms with Crippen molar-refractivity contribution in [1.29, 1.82) is 0 Å². The van der Waals surface area contributed by atoms with Gasteiger partial charge in [-0.2, -0.15) is 0 Å². The number of H-pyrrole nitrogens is 1. The Balaban J connectivity index is 0.000000292. The summed E-state index contributed by atoms with van der Waals surface area (Å²) in [6, 6.07) is 40.3. The van der Waals surface area contributed by atoms with Crippen molar-refractivity contribution in [3.8, 4) is 0 Å². The Bertz CT molecular complexity index is 1460. The van der Waals surface area contributed by atoms with Crippen LogP contribution in [-0.4, -0.2) is 30.7 Å². The van der Waals surface area contributed by atoms with Gasteiger partial charge in [0.25, 0.3) is 0 Å². The zero-order valence-electron chi connectivity index (χ0n) is 26.5. The monoisotopic (exact) mass is 679 g/mol. The third-order valence-corrected chi connectivity index (χ3v) is 20.4. The number of hydrogen-bond acceptors (Lipinski definition) is 2. The molecule has 0 bridgehead atoms. The minimum atomic E-state index is -1.84. The molecule has 1 heterocycles. The molecule has 0 amide bonds. The van der Waals surface area contributed by atoms with E-state index in [4.69, 9.17) is 0 Å². The number of aromatic carboxylic acids is 1. The summed E-state index contributed by atoms with van der Waals surface area (Å²) in [7, 11) is 0. The molecule has 5 rings (SSSR count). The van der Waals surface area contributed by atoms with Crippen molar-refractivity contribution in [2.24, 2.45) is 0 Å². The molecular weight excluding hydrogens is 633 g/mol. The number of carbonyl (C=O) groups excluding carboxylic acids is 1. The van der Waals surface area contributed by atoms with Gasteiger partial charge in [-0.15, -0.1) is 0 Å². The summed E-state index contributed by atoms with van der Waals surface area (Å²) < 4.78 is 4.14. The van der Waals surface area contributed by atoms with Crippen LogP contribution in [0, 0.1) is 0 Å². The van der Waals surface area contributed by atoms with E-state index in [0.29, 0.717) is 0 Å². The molecule has 4 aromatic carbocycles. The van der Waals surface area contributed by atoms with Crippen LogP contribution in [0.15, 0.2) is 121 Å². The van der Waals surface area contributed by atoms with Crippen LogP contribution in [-0.2, 0) is 16.2 Å². The standard InChI is InChI=1S/3C10H13.C9H7NO2.Sn/c3*1-10(2,3)9-7-5-4-6-8-9;11-9(12)7-2-1-6-3-4-10-8(6)5-7;/h3*4-8H,1H2,2-3H3;1-5,10H,(H,11,12);/q;;;;+1/p-1. The Hall–Kier alpha value is -3.31. The van der Waals surface area contributed by atoms with Crippen molar-refractivity contribution in [3.63, 3.8) is 0 Å². The van der Waals surface area contributed by atoms with Crippen molar-refractivity contribution in [2.75, 3.05) is 0 Å². The number of aromatic amines is 1. The molecule has 0 aliphatic carbocycles. The first-order valence-electron chi connectivity index (χ1n) is 15.2. The van der Waals surface area contributed by atoms with Crippen molar-refractivity contribution in [2.45, 2.75) is 71.1 Å². The smallest absolute Gasteiger partial charge is 0.0716 e. The van der Waals surface area contributed by atoms with Crippen LogP contribution in [0.4, 0.5) is 0 Å². The van der Waals surface area contributed by atoms with Crippen molar-refractivity contribution < 1.29 is 9.90 Å². The average Bonchev–Trinajstić information content (AvgIpc) is 3.46. The predicted octanol–water partition coefficient (Wildman–Crippen LogP) is 8.95. The van der Waals surface area contributed by atoms with Crippen LogP contribution in [0.3, 0.4) is 0 Å². The molecular formula is C39H45NO2Sn. The summed E-state index contributed by atoms with van der Waals surface area (Å²) >= 11 is -1.84. The molecule has 5 aromatic rings. The van der Waals surface area contributed by atoms with Crippen LogP contribution in [0.5, 0.6) is 0 Å². The van der Waals surface area contributed by atoms with Gasteiger partial charge in [0.1, 0.15) is 0 Å². The van der Waals surface area contributed by atoms with Crippen molar-refractivity contribution in [3.05, 3.63) is 144 Å². The molecule has 0 unspecified atom stereocenters. The van der Waals surface area contributed by atoms with E-state index in [9.17, 15) is 9.90 Å². The summed E-state index contributed by atoms with van der Waals surface area (Å²) in [5, 5.41) is 11.4. The molecule has 0 aliphatic heterocycles. The second-order valence-corrected chi connectivity index (χ2v) is 20.9. The summed E-state index contributed by atoms with van der Waals surface area (Å²) in [5.74, 6) is -1.15. The summed E-state index contributed by atoms with van der Waals surface area (Å²) in [4.78, 5) is 13.4. The second kappa shape index (κ2) is 14.0. The molecule has 3 nitrogen and oxygen atoms in total. The van der Waals surface area contributed by atoms with Gasteiger partial charge in [-0.05, 0) is 23.1 Å². The molecule has 4 heteroatoms. The maximum absolute atomic E-state index is 10.4. The van der Waals surface area contributed by atoms with E-state index in [1.54, 1.807) is 18.3 Å². The number of carbonyl (C=O) groups is 1. The Morgan fingerprint density at radius 1 is 0.605 bits per heavy atom. The minimum Gasteiger partial charge on any atom is -0.545 e. The number of aromatic nitrogens is 1. The van der Waals surface area contributed by atoms with Gasteiger partial charge in [0, 0.05) is 11.7 Å². The maximum Gasteiger partial charge on any atom is 0.0716 e. The first-order chi connectivity index (χ1) is 20.4. The molecule has 0 saturated heterocycles. The van der Waals surface area contributed by atoms with Gasteiger partial charge in [0.15, 0.2) is 0 Å². The van der Waals surface area contributed by atoms with Crippen LogP contribution in [0.25, 0.3) is 10.9 Å². The molecule has 0 aliphatic rings. The summed E-state index contributed by atoms with van der Waals surface area (Å²) in [5.41, 5.74) is 6.18. The van der Waals surface area contributed by atoms with Gasteiger partial charge in [-0.1, -0.05) is 12.1 Å². The van der Waals surface area contributed by atoms with E-state index in [-0.39, 0.29) is 21.8 Å². The van der Waals surface area contributed by atoms with E-state index >= 15 is 0 Å². The fourth-order valence-electron chi connectivity index (χ4n) is 6.21. The summed E-state index contributed by atoms with van der Waals surface area (Å²) in [6.07, 6.45) is 1.77. The normalized spacial score (nSPS) is 12.0. The number of carboxylic acid groups (broad SMARTS) is 1. The van der Waals surface area contributed by atoms with Gasteiger partial charge in [-0.25, -0.2) is 0 Å². The molecule has 0 radical (unpaired) electrons. The maximum atomic E-state index is 10.4. The molecule has 1 aromatic heterocycles. The van der Waals surface area contributed by atoms with E-state index in [1.807, 2.05) is 6.07 Å². The SMILES string of the molecule is CC(C)([CH2][Sn+]([CH2]C(C)(C)c1ccccc1)[CH2]C(C)(C)c1ccccc1)c1ccccc1.O=C([O-])c1ccc2cc[nH]c2c1. The van der Waals surface area contributed by atoms with E-state index < -0.39 is 25.7 Å². The minimum absolute atomic E-state index is 0.199. The fourth-order valence-corrected chi connectivity index (χ4v) is 19.7. The topological polar surface area (TPSA) is 55.9 Å². The van der Waals surface area contributed by atoms with Gasteiger partial charge in [0.05, 0.1) is 5.97 Å². The van der Waals surface area contributed by atoms with Gasteiger partial charge in [-0.3, -0.25) is 0 Å². The molecule has 0 saturated carbocycles. The van der Waals surface area contributed by atoms with Crippen LogP contribution >= 0.6 is 0 Å². The zero-order chi connectivity index (χ0) is 31.1. The Labute approximate surface area is 265 Å². The number of rotatable bonds is 10. The number of fused-ring (bicyclic) bond motifs is 1. The van der Waals surface area contributed by atoms with Crippen molar-refractivity contribution >= 4 is 36.6 Å². The summed E-state index contributed by atoms with van der Waals surface area (Å²) in [6.45, 7) is 14.8. The number of benzene rings is 4.